The van der Waals surface area contributed by atoms with Crippen LogP contribution in [0, 0.1) is 5.92 Å². The second-order valence-electron chi connectivity index (χ2n) is 6.40. The van der Waals surface area contributed by atoms with E-state index in [9.17, 15) is 4.79 Å². The molecule has 1 heterocycles. The fraction of sp³-hybridized carbons (Fsp3) is 0.933. The molecule has 0 saturated carbocycles. The minimum absolute atomic E-state index is 0.243. The van der Waals surface area contributed by atoms with Crippen molar-refractivity contribution in [1.82, 2.24) is 15.1 Å². The molecule has 1 unspecified atom stereocenters. The standard InChI is InChI=1S/C15H31N3O/c1-12(2)16-9-14-7-6-8-18(10-14)11-15(19)17(5)13(3)4/h12-14,16H,6-11H2,1-5H3. The number of carbonyl (C=O) groups excluding carboxylic acids is 1. The zero-order valence-corrected chi connectivity index (χ0v) is 13.3. The van der Waals surface area contributed by atoms with Gasteiger partial charge >= 0.3 is 0 Å². The summed E-state index contributed by atoms with van der Waals surface area (Å²) in [4.78, 5) is 16.3. The monoisotopic (exact) mass is 269 g/mol. The summed E-state index contributed by atoms with van der Waals surface area (Å²) in [5, 5.41) is 3.51. The maximum Gasteiger partial charge on any atom is 0.236 e. The van der Waals surface area contributed by atoms with E-state index in [-0.39, 0.29) is 11.9 Å². The number of piperidine rings is 1. The van der Waals surface area contributed by atoms with Crippen LogP contribution in [0.3, 0.4) is 0 Å². The van der Waals surface area contributed by atoms with Crippen molar-refractivity contribution in [3.05, 3.63) is 0 Å². The normalized spacial score (nSPS) is 21.1. The van der Waals surface area contributed by atoms with Gasteiger partial charge in [-0.15, -0.1) is 0 Å². The molecule has 0 aromatic heterocycles. The fourth-order valence-corrected chi connectivity index (χ4v) is 2.45. The van der Waals surface area contributed by atoms with Gasteiger partial charge < -0.3 is 10.2 Å². The van der Waals surface area contributed by atoms with Gasteiger partial charge in [-0.2, -0.15) is 0 Å². The lowest BCUT2D eigenvalue weighted by Gasteiger charge is -2.34. The third-order valence-corrected chi connectivity index (χ3v) is 3.94. The summed E-state index contributed by atoms with van der Waals surface area (Å²) in [5.74, 6) is 0.931. The molecule has 0 aliphatic carbocycles. The molecule has 1 amide bonds. The van der Waals surface area contributed by atoms with Gasteiger partial charge in [-0.3, -0.25) is 9.69 Å². The van der Waals surface area contributed by atoms with Crippen LogP contribution in [0.15, 0.2) is 0 Å². The number of nitrogens with one attached hydrogen (secondary N) is 1. The summed E-state index contributed by atoms with van der Waals surface area (Å²) < 4.78 is 0. The Morgan fingerprint density at radius 3 is 2.63 bits per heavy atom. The second kappa shape index (κ2) is 7.85. The van der Waals surface area contributed by atoms with Crippen molar-refractivity contribution < 1.29 is 4.79 Å². The highest BCUT2D eigenvalue weighted by atomic mass is 16.2. The van der Waals surface area contributed by atoms with Gasteiger partial charge in [-0.1, -0.05) is 13.8 Å². The molecule has 1 rings (SSSR count). The van der Waals surface area contributed by atoms with Crippen LogP contribution in [-0.4, -0.2) is 61.0 Å². The van der Waals surface area contributed by atoms with E-state index in [1.807, 2.05) is 11.9 Å². The first kappa shape index (κ1) is 16.4. The summed E-state index contributed by atoms with van der Waals surface area (Å²) in [6.45, 7) is 12.2. The molecule has 112 valence electrons. The van der Waals surface area contributed by atoms with E-state index in [1.165, 1.54) is 12.8 Å². The molecule has 0 spiro atoms. The third-order valence-electron chi connectivity index (χ3n) is 3.94. The van der Waals surface area contributed by atoms with Gasteiger partial charge in [0.2, 0.25) is 5.91 Å². The predicted octanol–water partition coefficient (Wildman–Crippen LogP) is 1.56. The van der Waals surface area contributed by atoms with Gasteiger partial charge in [0.1, 0.15) is 0 Å². The molecule has 1 atom stereocenters. The first-order valence-electron chi connectivity index (χ1n) is 7.61. The summed E-state index contributed by atoms with van der Waals surface area (Å²) >= 11 is 0. The van der Waals surface area contributed by atoms with Gasteiger partial charge in [0.15, 0.2) is 0 Å². The lowest BCUT2D eigenvalue weighted by molar-refractivity contribution is -0.133. The number of nitrogens with zero attached hydrogens (tertiary/aromatic N) is 2. The van der Waals surface area contributed by atoms with Crippen molar-refractivity contribution in [3.8, 4) is 0 Å². The largest absolute Gasteiger partial charge is 0.342 e. The van der Waals surface area contributed by atoms with Crippen LogP contribution in [0.25, 0.3) is 0 Å². The van der Waals surface area contributed by atoms with Gasteiger partial charge in [0, 0.05) is 25.7 Å². The lowest BCUT2D eigenvalue weighted by atomic mass is 9.97. The Morgan fingerprint density at radius 2 is 2.05 bits per heavy atom. The topological polar surface area (TPSA) is 35.6 Å². The van der Waals surface area contributed by atoms with Crippen molar-refractivity contribution in [3.63, 3.8) is 0 Å². The number of carbonyl (C=O) groups is 1. The first-order chi connectivity index (χ1) is 8.90. The molecule has 1 saturated heterocycles. The maximum atomic E-state index is 12.1. The number of likely N-dealkylation sites (N-methyl/N-ethyl adjacent to an activating group) is 1. The summed E-state index contributed by atoms with van der Waals surface area (Å²) in [6, 6.07) is 0.833. The average Bonchev–Trinajstić information content (AvgIpc) is 2.35. The van der Waals surface area contributed by atoms with E-state index in [4.69, 9.17) is 0 Å². The molecule has 0 bridgehead atoms. The highest BCUT2D eigenvalue weighted by Crippen LogP contribution is 2.16. The molecule has 19 heavy (non-hydrogen) atoms. The molecule has 0 aromatic carbocycles. The van der Waals surface area contributed by atoms with Crippen LogP contribution < -0.4 is 5.32 Å². The molecule has 1 aliphatic rings. The van der Waals surface area contributed by atoms with E-state index < -0.39 is 0 Å². The molecule has 4 nitrogen and oxygen atoms in total. The number of hydrogen-bond donors (Lipinski definition) is 1. The smallest absolute Gasteiger partial charge is 0.236 e. The van der Waals surface area contributed by atoms with Crippen molar-refractivity contribution in [2.24, 2.45) is 5.92 Å². The Balaban J connectivity index is 2.36. The third kappa shape index (κ3) is 5.91. The zero-order valence-electron chi connectivity index (χ0n) is 13.3. The SMILES string of the molecule is CC(C)NCC1CCCN(CC(=O)N(C)C(C)C)C1. The van der Waals surface area contributed by atoms with Gasteiger partial charge in [0.25, 0.3) is 0 Å². The number of hydrogen-bond acceptors (Lipinski definition) is 3. The Labute approximate surface area is 118 Å². The van der Waals surface area contributed by atoms with E-state index in [0.29, 0.717) is 18.5 Å². The number of likely N-dealkylation sites (tertiary alicyclic amines) is 1. The molecule has 4 heteroatoms. The van der Waals surface area contributed by atoms with Crippen molar-refractivity contribution in [1.29, 1.82) is 0 Å². The van der Waals surface area contributed by atoms with Crippen LogP contribution in [0.4, 0.5) is 0 Å². The highest BCUT2D eigenvalue weighted by molar-refractivity contribution is 5.78. The molecule has 0 radical (unpaired) electrons. The average molecular weight is 269 g/mol. The van der Waals surface area contributed by atoms with Gasteiger partial charge in [0.05, 0.1) is 6.54 Å². The Kier molecular flexibility index (Phi) is 6.80. The number of amides is 1. The zero-order chi connectivity index (χ0) is 14.4. The summed E-state index contributed by atoms with van der Waals surface area (Å²) in [6.07, 6.45) is 2.49. The van der Waals surface area contributed by atoms with Crippen molar-refractivity contribution in [2.45, 2.75) is 52.6 Å². The van der Waals surface area contributed by atoms with Gasteiger partial charge in [-0.05, 0) is 45.7 Å². The number of rotatable bonds is 6. The fourth-order valence-electron chi connectivity index (χ4n) is 2.45. The molecule has 1 N–H and O–H groups in total. The predicted molar refractivity (Wildman–Crippen MR) is 80.2 cm³/mol. The minimum Gasteiger partial charge on any atom is -0.342 e. The van der Waals surface area contributed by atoms with E-state index in [0.717, 1.165) is 19.6 Å². The van der Waals surface area contributed by atoms with Crippen LogP contribution in [0.1, 0.15) is 40.5 Å². The van der Waals surface area contributed by atoms with Crippen LogP contribution >= 0.6 is 0 Å². The molecular weight excluding hydrogens is 238 g/mol. The molecular formula is C15H31N3O. The Bertz CT molecular complexity index is 279. The van der Waals surface area contributed by atoms with Gasteiger partial charge in [-0.25, -0.2) is 0 Å². The van der Waals surface area contributed by atoms with E-state index in [1.54, 1.807) is 0 Å². The van der Waals surface area contributed by atoms with E-state index in [2.05, 4.69) is 37.9 Å². The maximum absolute atomic E-state index is 12.1. The van der Waals surface area contributed by atoms with Crippen molar-refractivity contribution in [2.75, 3.05) is 33.2 Å². The summed E-state index contributed by atoms with van der Waals surface area (Å²) in [5.41, 5.74) is 0. The summed E-state index contributed by atoms with van der Waals surface area (Å²) in [7, 11) is 1.90. The quantitative estimate of drug-likeness (QED) is 0.795. The minimum atomic E-state index is 0.243. The van der Waals surface area contributed by atoms with Crippen LogP contribution in [-0.2, 0) is 4.79 Å². The van der Waals surface area contributed by atoms with Crippen molar-refractivity contribution >= 4 is 5.91 Å². The Hall–Kier alpha value is -0.610. The van der Waals surface area contributed by atoms with E-state index >= 15 is 0 Å². The second-order valence-corrected chi connectivity index (χ2v) is 6.40. The Morgan fingerprint density at radius 1 is 1.37 bits per heavy atom. The highest BCUT2D eigenvalue weighted by Gasteiger charge is 2.23. The molecule has 0 aromatic rings. The molecule has 1 fully saturated rings. The van der Waals surface area contributed by atoms with Crippen LogP contribution in [0.5, 0.6) is 0 Å². The lowest BCUT2D eigenvalue weighted by Crippen LogP contribution is -2.46. The van der Waals surface area contributed by atoms with Crippen LogP contribution in [0.2, 0.25) is 0 Å². The molecule has 1 aliphatic heterocycles. The first-order valence-corrected chi connectivity index (χ1v) is 7.61.